The summed E-state index contributed by atoms with van der Waals surface area (Å²) in [4.78, 5) is 4.31. The molecule has 1 N–H and O–H groups in total. The molecular weight excluding hydrogens is 328 g/mol. The molecule has 0 radical (unpaired) electrons. The van der Waals surface area contributed by atoms with E-state index in [1.807, 2.05) is 24.3 Å². The Balaban J connectivity index is 1.46. The Morgan fingerprint density at radius 3 is 2.79 bits per heavy atom. The van der Waals surface area contributed by atoms with E-state index in [-0.39, 0.29) is 0 Å². The van der Waals surface area contributed by atoms with Crippen molar-refractivity contribution in [2.45, 2.75) is 44.7 Å². The molecule has 1 aliphatic heterocycles. The molecule has 2 heterocycles. The maximum Gasteiger partial charge on any atom is 0.280 e. The van der Waals surface area contributed by atoms with E-state index < -0.39 is 16.3 Å². The van der Waals surface area contributed by atoms with Crippen LogP contribution in [-0.2, 0) is 23.2 Å². The van der Waals surface area contributed by atoms with Crippen LogP contribution in [0.4, 0.5) is 0 Å². The molecule has 2 aromatic rings. The Morgan fingerprint density at radius 2 is 2.04 bits per heavy atom. The quantitative estimate of drug-likeness (QED) is 0.891. The Kier molecular flexibility index (Phi) is 3.90. The lowest BCUT2D eigenvalue weighted by atomic mass is 10.0. The van der Waals surface area contributed by atoms with E-state index in [9.17, 15) is 8.42 Å². The van der Waals surface area contributed by atoms with Gasteiger partial charge in [-0.15, -0.1) is 0 Å². The first-order valence-electron chi connectivity index (χ1n) is 8.20. The van der Waals surface area contributed by atoms with Crippen molar-refractivity contribution in [1.82, 2.24) is 19.2 Å². The molecule has 1 aromatic carbocycles. The highest BCUT2D eigenvalue weighted by atomic mass is 32.2. The minimum Gasteiger partial charge on any atom is -0.338 e. The fourth-order valence-electron chi connectivity index (χ4n) is 2.95. The highest BCUT2D eigenvalue weighted by Crippen LogP contribution is 2.38. The average molecular weight is 348 g/mol. The number of benzene rings is 1. The van der Waals surface area contributed by atoms with Crippen LogP contribution in [0.1, 0.15) is 54.6 Å². The van der Waals surface area contributed by atoms with Gasteiger partial charge in [-0.2, -0.15) is 22.4 Å². The van der Waals surface area contributed by atoms with E-state index in [0.717, 1.165) is 24.8 Å². The Hall–Kier alpha value is -1.77. The van der Waals surface area contributed by atoms with Gasteiger partial charge in [0.1, 0.15) is 0 Å². The lowest BCUT2D eigenvalue weighted by molar-refractivity contribution is 0.339. The van der Waals surface area contributed by atoms with E-state index in [0.29, 0.717) is 30.7 Å². The number of hydrogen-bond donors (Lipinski definition) is 1. The maximum absolute atomic E-state index is 12.7. The molecule has 24 heavy (non-hydrogen) atoms. The number of fused-ring (bicyclic) bond motifs is 1. The van der Waals surface area contributed by atoms with Crippen LogP contribution in [0.15, 0.2) is 28.8 Å². The number of rotatable bonds is 5. The van der Waals surface area contributed by atoms with Crippen molar-refractivity contribution in [3.63, 3.8) is 0 Å². The second-order valence-electron chi connectivity index (χ2n) is 6.46. The lowest BCUT2D eigenvalue weighted by Gasteiger charge is -2.28. The van der Waals surface area contributed by atoms with Gasteiger partial charge in [0, 0.05) is 19.0 Å². The van der Waals surface area contributed by atoms with Gasteiger partial charge >= 0.3 is 0 Å². The topological polar surface area (TPSA) is 88.3 Å². The summed E-state index contributed by atoms with van der Waals surface area (Å²) in [5.41, 5.74) is 2.26. The van der Waals surface area contributed by atoms with Gasteiger partial charge in [0.2, 0.25) is 5.89 Å². The van der Waals surface area contributed by atoms with Crippen molar-refractivity contribution < 1.29 is 12.9 Å². The highest BCUT2D eigenvalue weighted by molar-refractivity contribution is 7.87. The van der Waals surface area contributed by atoms with E-state index in [1.54, 1.807) is 6.92 Å². The molecule has 8 heteroatoms. The molecule has 0 bridgehead atoms. The number of aromatic nitrogens is 2. The zero-order valence-corrected chi connectivity index (χ0v) is 14.3. The van der Waals surface area contributed by atoms with Gasteiger partial charge < -0.3 is 4.52 Å². The summed E-state index contributed by atoms with van der Waals surface area (Å²) in [6.07, 6.45) is 2.87. The fourth-order valence-corrected chi connectivity index (χ4v) is 4.29. The van der Waals surface area contributed by atoms with Crippen LogP contribution in [0.2, 0.25) is 0 Å². The molecule has 1 aliphatic carbocycles. The van der Waals surface area contributed by atoms with Crippen molar-refractivity contribution >= 4 is 10.2 Å². The smallest absolute Gasteiger partial charge is 0.280 e. The maximum atomic E-state index is 12.7. The number of nitrogens with zero attached hydrogens (tertiary/aromatic N) is 3. The van der Waals surface area contributed by atoms with Gasteiger partial charge in [0.05, 0.1) is 6.04 Å². The van der Waals surface area contributed by atoms with E-state index >= 15 is 0 Å². The van der Waals surface area contributed by atoms with Crippen molar-refractivity contribution in [1.29, 1.82) is 0 Å². The number of hydrogen-bond acceptors (Lipinski definition) is 5. The molecule has 0 unspecified atom stereocenters. The third kappa shape index (κ3) is 3.09. The molecule has 1 aromatic heterocycles. The predicted molar refractivity (Wildman–Crippen MR) is 87.3 cm³/mol. The van der Waals surface area contributed by atoms with Crippen LogP contribution in [0.3, 0.4) is 0 Å². The summed E-state index contributed by atoms with van der Waals surface area (Å²) < 4.78 is 34.6. The molecule has 128 valence electrons. The first-order valence-corrected chi connectivity index (χ1v) is 9.64. The van der Waals surface area contributed by atoms with Gasteiger partial charge in [0.15, 0.2) is 5.82 Å². The van der Waals surface area contributed by atoms with Crippen molar-refractivity contribution in [2.75, 3.05) is 6.54 Å². The highest BCUT2D eigenvalue weighted by Gasteiger charge is 2.32. The summed E-state index contributed by atoms with van der Waals surface area (Å²) in [6.45, 7) is 2.57. The zero-order valence-electron chi connectivity index (χ0n) is 13.5. The molecule has 2 aliphatic rings. The molecule has 0 saturated heterocycles. The van der Waals surface area contributed by atoms with Gasteiger partial charge in [-0.25, -0.2) is 0 Å². The van der Waals surface area contributed by atoms with Crippen LogP contribution in [-0.4, -0.2) is 29.4 Å². The first kappa shape index (κ1) is 15.7. The molecule has 0 amide bonds. The second kappa shape index (κ2) is 5.94. The van der Waals surface area contributed by atoms with E-state index in [4.69, 9.17) is 4.52 Å². The standard InChI is InChI=1S/C16H20N4O3S/c1-11(16-17-15(18-23-16)13-6-7-13)19-24(21,22)20-9-8-12-4-2-3-5-14(12)10-20/h2-5,11,13,19H,6-10H2,1H3/t11-/m0/s1. The van der Waals surface area contributed by atoms with E-state index in [1.165, 1.54) is 9.87 Å². The van der Waals surface area contributed by atoms with Gasteiger partial charge in [-0.3, -0.25) is 0 Å². The van der Waals surface area contributed by atoms with Crippen molar-refractivity contribution in [3.8, 4) is 0 Å². The minimum absolute atomic E-state index is 0.317. The molecule has 1 fully saturated rings. The lowest BCUT2D eigenvalue weighted by Crippen LogP contribution is -2.44. The van der Waals surface area contributed by atoms with E-state index in [2.05, 4.69) is 14.9 Å². The molecule has 4 rings (SSSR count). The van der Waals surface area contributed by atoms with Crippen LogP contribution in [0, 0.1) is 0 Å². The van der Waals surface area contributed by atoms with Gasteiger partial charge in [-0.05, 0) is 37.3 Å². The summed E-state index contributed by atoms with van der Waals surface area (Å²) in [7, 11) is -3.61. The van der Waals surface area contributed by atoms with Crippen LogP contribution in [0.5, 0.6) is 0 Å². The summed E-state index contributed by atoms with van der Waals surface area (Å²) in [5, 5.41) is 3.94. The normalized spacial score (nSPS) is 19.9. The fraction of sp³-hybridized carbons (Fsp3) is 0.500. The largest absolute Gasteiger partial charge is 0.338 e. The van der Waals surface area contributed by atoms with Crippen LogP contribution in [0.25, 0.3) is 0 Å². The molecule has 0 spiro atoms. The SMILES string of the molecule is C[C@H](NS(=O)(=O)N1CCc2ccccc2C1)c1nc(C2CC2)no1. The molecule has 1 atom stereocenters. The Bertz CT molecular complexity index is 845. The van der Waals surface area contributed by atoms with Crippen LogP contribution >= 0.6 is 0 Å². The monoisotopic (exact) mass is 348 g/mol. The van der Waals surface area contributed by atoms with Crippen molar-refractivity contribution in [2.24, 2.45) is 0 Å². The Labute approximate surface area is 141 Å². The van der Waals surface area contributed by atoms with Gasteiger partial charge in [-0.1, -0.05) is 29.4 Å². The zero-order chi connectivity index (χ0) is 16.7. The van der Waals surface area contributed by atoms with Gasteiger partial charge in [0.25, 0.3) is 10.2 Å². The third-order valence-corrected chi connectivity index (χ3v) is 6.17. The summed E-state index contributed by atoms with van der Waals surface area (Å²) in [5.74, 6) is 1.38. The third-order valence-electron chi connectivity index (χ3n) is 4.53. The number of nitrogens with one attached hydrogen (secondary N) is 1. The predicted octanol–water partition coefficient (Wildman–Crippen LogP) is 1.90. The summed E-state index contributed by atoms with van der Waals surface area (Å²) in [6, 6.07) is 7.39. The van der Waals surface area contributed by atoms with Crippen LogP contribution < -0.4 is 4.72 Å². The molecule has 7 nitrogen and oxygen atoms in total. The van der Waals surface area contributed by atoms with Crippen molar-refractivity contribution in [3.05, 3.63) is 47.1 Å². The minimum atomic E-state index is -3.61. The second-order valence-corrected chi connectivity index (χ2v) is 8.16. The Morgan fingerprint density at radius 1 is 1.29 bits per heavy atom. The average Bonchev–Trinajstić information content (AvgIpc) is 3.30. The molecular formula is C16H20N4O3S. The molecule has 1 saturated carbocycles. The summed E-state index contributed by atoms with van der Waals surface area (Å²) >= 11 is 0. The first-order chi connectivity index (χ1) is 11.5.